The van der Waals surface area contributed by atoms with Gasteiger partial charge in [0.05, 0.1) is 11.8 Å². The van der Waals surface area contributed by atoms with Crippen molar-refractivity contribution in [3.8, 4) is 0 Å². The molecule has 0 spiro atoms. The van der Waals surface area contributed by atoms with Gasteiger partial charge in [0.15, 0.2) is 0 Å². The molecule has 0 saturated carbocycles. The topological polar surface area (TPSA) is 58.6 Å². The molecule has 126 valence electrons. The van der Waals surface area contributed by atoms with E-state index in [9.17, 15) is 9.59 Å². The van der Waals surface area contributed by atoms with E-state index in [0.29, 0.717) is 6.54 Å². The number of carbonyl (C=O) groups is 2. The first-order valence-electron chi connectivity index (χ1n) is 8.26. The molecule has 0 radical (unpaired) electrons. The van der Waals surface area contributed by atoms with Crippen LogP contribution in [0.3, 0.4) is 0 Å². The van der Waals surface area contributed by atoms with Crippen molar-refractivity contribution in [1.29, 1.82) is 0 Å². The van der Waals surface area contributed by atoms with Crippen LogP contribution in [-0.4, -0.2) is 31.1 Å². The van der Waals surface area contributed by atoms with Gasteiger partial charge >= 0.3 is 0 Å². The van der Waals surface area contributed by atoms with E-state index < -0.39 is 0 Å². The molecule has 1 aromatic carbocycles. The molecule has 0 aromatic heterocycles. The van der Waals surface area contributed by atoms with Crippen LogP contribution in [0.2, 0.25) is 0 Å². The highest BCUT2D eigenvalue weighted by Gasteiger charge is 2.26. The molecule has 2 amide bonds. The zero-order valence-electron chi connectivity index (χ0n) is 14.4. The van der Waals surface area contributed by atoms with Crippen LogP contribution in [0, 0.1) is 6.92 Å². The molecule has 1 N–H and O–H groups in total. The van der Waals surface area contributed by atoms with E-state index in [1.807, 2.05) is 37.8 Å². The number of anilines is 2. The Morgan fingerprint density at radius 2 is 2.13 bits per heavy atom. The van der Waals surface area contributed by atoms with E-state index in [4.69, 9.17) is 4.74 Å². The lowest BCUT2D eigenvalue weighted by molar-refractivity contribution is -0.125. The van der Waals surface area contributed by atoms with Crippen LogP contribution in [0.1, 0.15) is 44.7 Å². The number of aryl methyl sites for hydroxylation is 1. The molecule has 1 heterocycles. The summed E-state index contributed by atoms with van der Waals surface area (Å²) >= 11 is 0. The lowest BCUT2D eigenvalue weighted by atomic mass is 9.96. The van der Waals surface area contributed by atoms with Crippen molar-refractivity contribution in [2.45, 2.75) is 53.1 Å². The molecule has 0 bridgehead atoms. The van der Waals surface area contributed by atoms with Crippen LogP contribution in [0.5, 0.6) is 0 Å². The van der Waals surface area contributed by atoms with Crippen LogP contribution in [0.25, 0.3) is 0 Å². The molecule has 0 aliphatic carbocycles. The predicted octanol–water partition coefficient (Wildman–Crippen LogP) is 3.05. The van der Waals surface area contributed by atoms with Gasteiger partial charge in [-0.25, -0.2) is 0 Å². The molecule has 1 aliphatic heterocycles. The van der Waals surface area contributed by atoms with Gasteiger partial charge in [0.2, 0.25) is 5.91 Å². The van der Waals surface area contributed by atoms with Gasteiger partial charge in [0.1, 0.15) is 6.61 Å². The quantitative estimate of drug-likeness (QED) is 0.908. The van der Waals surface area contributed by atoms with E-state index >= 15 is 0 Å². The smallest absolute Gasteiger partial charge is 0.253 e. The fourth-order valence-electron chi connectivity index (χ4n) is 2.87. The summed E-state index contributed by atoms with van der Waals surface area (Å²) in [6.07, 6.45) is 2.71. The molecule has 0 saturated heterocycles. The van der Waals surface area contributed by atoms with E-state index in [1.54, 1.807) is 0 Å². The van der Waals surface area contributed by atoms with Gasteiger partial charge in [0.25, 0.3) is 5.91 Å². The number of carbonyl (C=O) groups excluding carboxylic acids is 2. The number of nitrogens with one attached hydrogen (secondary N) is 1. The first kappa shape index (κ1) is 17.5. The number of fused-ring (bicyclic) bond motifs is 1. The van der Waals surface area contributed by atoms with Crippen LogP contribution in [0.4, 0.5) is 11.4 Å². The molecule has 1 unspecified atom stereocenters. The lowest BCUT2D eigenvalue weighted by Crippen LogP contribution is -2.39. The SMILES string of the molecule is CCC(C)OCC(=O)N1CCCc2c(NC(C)=O)ccc(C)c21. The highest BCUT2D eigenvalue weighted by Crippen LogP contribution is 2.36. The van der Waals surface area contributed by atoms with Gasteiger partial charge in [-0.05, 0) is 50.3 Å². The Balaban J connectivity index is 2.27. The van der Waals surface area contributed by atoms with E-state index in [2.05, 4.69) is 5.32 Å². The zero-order valence-corrected chi connectivity index (χ0v) is 14.4. The van der Waals surface area contributed by atoms with E-state index in [0.717, 1.165) is 41.8 Å². The minimum absolute atomic E-state index is 0.0191. The Labute approximate surface area is 138 Å². The number of benzene rings is 1. The molecular weight excluding hydrogens is 292 g/mol. The number of hydrogen-bond acceptors (Lipinski definition) is 3. The average Bonchev–Trinajstić information content (AvgIpc) is 2.54. The Kier molecular flexibility index (Phi) is 5.77. The number of hydrogen-bond donors (Lipinski definition) is 1. The average molecular weight is 318 g/mol. The third kappa shape index (κ3) is 4.10. The minimum atomic E-state index is -0.0976. The summed E-state index contributed by atoms with van der Waals surface area (Å²) in [5.74, 6) is -0.117. The van der Waals surface area contributed by atoms with Crippen LogP contribution >= 0.6 is 0 Å². The van der Waals surface area contributed by atoms with Gasteiger partial charge in [-0.15, -0.1) is 0 Å². The van der Waals surface area contributed by atoms with Crippen molar-refractivity contribution < 1.29 is 14.3 Å². The Morgan fingerprint density at radius 3 is 2.78 bits per heavy atom. The van der Waals surface area contributed by atoms with Crippen molar-refractivity contribution >= 4 is 23.2 Å². The van der Waals surface area contributed by atoms with Gasteiger partial charge in [-0.3, -0.25) is 9.59 Å². The number of rotatable bonds is 5. The van der Waals surface area contributed by atoms with Gasteiger partial charge in [-0.2, -0.15) is 0 Å². The van der Waals surface area contributed by atoms with Crippen molar-refractivity contribution in [2.24, 2.45) is 0 Å². The third-order valence-electron chi connectivity index (χ3n) is 4.24. The maximum Gasteiger partial charge on any atom is 0.253 e. The monoisotopic (exact) mass is 318 g/mol. The lowest BCUT2D eigenvalue weighted by Gasteiger charge is -2.32. The molecule has 1 atom stereocenters. The van der Waals surface area contributed by atoms with Crippen molar-refractivity contribution in [3.05, 3.63) is 23.3 Å². The summed E-state index contributed by atoms with van der Waals surface area (Å²) in [4.78, 5) is 25.8. The second-order valence-corrected chi connectivity index (χ2v) is 6.12. The predicted molar refractivity (Wildman–Crippen MR) is 91.9 cm³/mol. The Bertz CT molecular complexity index is 598. The Hall–Kier alpha value is -1.88. The highest BCUT2D eigenvalue weighted by atomic mass is 16.5. The second-order valence-electron chi connectivity index (χ2n) is 6.12. The van der Waals surface area contributed by atoms with Crippen molar-refractivity contribution in [2.75, 3.05) is 23.4 Å². The standard InChI is InChI=1S/C18H26N2O3/c1-5-13(3)23-11-17(22)20-10-6-7-15-16(19-14(4)21)9-8-12(2)18(15)20/h8-9,13H,5-7,10-11H2,1-4H3,(H,19,21). The van der Waals surface area contributed by atoms with Crippen LogP contribution < -0.4 is 10.2 Å². The molecule has 1 aromatic rings. The molecule has 2 rings (SSSR count). The summed E-state index contributed by atoms with van der Waals surface area (Å²) in [6, 6.07) is 3.87. The summed E-state index contributed by atoms with van der Waals surface area (Å²) < 4.78 is 5.59. The molecule has 5 nitrogen and oxygen atoms in total. The number of nitrogens with zero attached hydrogens (tertiary/aromatic N) is 1. The molecule has 5 heteroatoms. The molecule has 1 aliphatic rings. The molecular formula is C18H26N2O3. The van der Waals surface area contributed by atoms with E-state index in [1.165, 1.54) is 6.92 Å². The molecule has 23 heavy (non-hydrogen) atoms. The highest BCUT2D eigenvalue weighted by molar-refractivity contribution is 5.99. The van der Waals surface area contributed by atoms with Gasteiger partial charge in [-0.1, -0.05) is 13.0 Å². The maximum absolute atomic E-state index is 12.6. The Morgan fingerprint density at radius 1 is 1.39 bits per heavy atom. The summed E-state index contributed by atoms with van der Waals surface area (Å²) in [5, 5.41) is 2.87. The van der Waals surface area contributed by atoms with Crippen molar-refractivity contribution in [1.82, 2.24) is 0 Å². The second kappa shape index (κ2) is 7.59. The van der Waals surface area contributed by atoms with Crippen LogP contribution in [-0.2, 0) is 20.7 Å². The maximum atomic E-state index is 12.6. The normalized spacial score (nSPS) is 15.0. The van der Waals surface area contributed by atoms with E-state index in [-0.39, 0.29) is 24.5 Å². The third-order valence-corrected chi connectivity index (χ3v) is 4.24. The zero-order chi connectivity index (χ0) is 17.0. The molecule has 0 fully saturated rings. The number of ether oxygens (including phenoxy) is 1. The van der Waals surface area contributed by atoms with Gasteiger partial charge < -0.3 is 15.0 Å². The fourth-order valence-corrected chi connectivity index (χ4v) is 2.87. The summed E-state index contributed by atoms with van der Waals surface area (Å²) in [7, 11) is 0. The van der Waals surface area contributed by atoms with Gasteiger partial charge in [0, 0.05) is 19.2 Å². The number of amides is 2. The minimum Gasteiger partial charge on any atom is -0.369 e. The summed E-state index contributed by atoms with van der Waals surface area (Å²) in [6.45, 7) is 8.29. The fraction of sp³-hybridized carbons (Fsp3) is 0.556. The largest absolute Gasteiger partial charge is 0.369 e. The first-order valence-corrected chi connectivity index (χ1v) is 8.26. The van der Waals surface area contributed by atoms with Crippen molar-refractivity contribution in [3.63, 3.8) is 0 Å². The first-order chi connectivity index (χ1) is 10.9. The summed E-state index contributed by atoms with van der Waals surface area (Å²) in [5.41, 5.74) is 3.83. The van der Waals surface area contributed by atoms with Crippen LogP contribution in [0.15, 0.2) is 12.1 Å².